The second-order valence-electron chi connectivity index (χ2n) is 4.55. The molecule has 0 spiro atoms. The summed E-state index contributed by atoms with van der Waals surface area (Å²) in [5.41, 5.74) is 0. The Balaban J connectivity index is 2.28. The molecular formula is C11H17FN4O2S. The predicted molar refractivity (Wildman–Crippen MR) is 71.6 cm³/mol. The molecule has 106 valence electrons. The van der Waals surface area contributed by atoms with E-state index in [0.29, 0.717) is 12.5 Å². The van der Waals surface area contributed by atoms with Crippen molar-refractivity contribution in [3.63, 3.8) is 0 Å². The quantitative estimate of drug-likeness (QED) is 0.881. The van der Waals surface area contributed by atoms with Gasteiger partial charge in [0.1, 0.15) is 0 Å². The lowest BCUT2D eigenvalue weighted by Gasteiger charge is -2.34. The lowest BCUT2D eigenvalue weighted by atomic mass is 10.3. The van der Waals surface area contributed by atoms with Crippen molar-refractivity contribution in [1.82, 2.24) is 9.97 Å². The average Bonchev–Trinajstić information content (AvgIpc) is 2.31. The van der Waals surface area contributed by atoms with Crippen LogP contribution in [0.1, 0.15) is 13.8 Å². The first-order chi connectivity index (χ1) is 8.93. The van der Waals surface area contributed by atoms with Crippen molar-refractivity contribution in [2.24, 2.45) is 0 Å². The molecular weight excluding hydrogens is 271 g/mol. The van der Waals surface area contributed by atoms with Crippen molar-refractivity contribution in [3.8, 4) is 0 Å². The molecule has 1 saturated heterocycles. The van der Waals surface area contributed by atoms with E-state index in [0.717, 1.165) is 6.20 Å². The largest absolute Gasteiger partial charge is 0.354 e. The lowest BCUT2D eigenvalue weighted by Crippen LogP contribution is -2.47. The van der Waals surface area contributed by atoms with Gasteiger partial charge in [0, 0.05) is 19.1 Å². The Kier molecular flexibility index (Phi) is 3.88. The third-order valence-electron chi connectivity index (χ3n) is 3.00. The van der Waals surface area contributed by atoms with Crippen molar-refractivity contribution >= 4 is 21.6 Å². The van der Waals surface area contributed by atoms with Gasteiger partial charge in [-0.1, -0.05) is 0 Å². The summed E-state index contributed by atoms with van der Waals surface area (Å²) in [5, 5.41) is 2.91. The molecule has 1 fully saturated rings. The SMILES string of the molecule is CCNc1ncc(F)c(N2CCS(=O)(=O)CC2C)n1. The molecule has 1 aliphatic rings. The van der Waals surface area contributed by atoms with Gasteiger partial charge in [0.05, 0.1) is 17.7 Å². The molecule has 1 aromatic heterocycles. The summed E-state index contributed by atoms with van der Waals surface area (Å²) in [6.07, 6.45) is 1.11. The maximum absolute atomic E-state index is 13.8. The van der Waals surface area contributed by atoms with E-state index >= 15 is 0 Å². The summed E-state index contributed by atoms with van der Waals surface area (Å²) in [4.78, 5) is 9.63. The van der Waals surface area contributed by atoms with Crippen molar-refractivity contribution in [2.45, 2.75) is 19.9 Å². The average molecular weight is 288 g/mol. The molecule has 1 aliphatic heterocycles. The van der Waals surface area contributed by atoms with Gasteiger partial charge in [-0.25, -0.2) is 17.8 Å². The maximum atomic E-state index is 13.8. The highest BCUT2D eigenvalue weighted by molar-refractivity contribution is 7.91. The van der Waals surface area contributed by atoms with Crippen LogP contribution in [0.4, 0.5) is 16.2 Å². The lowest BCUT2D eigenvalue weighted by molar-refractivity contribution is 0.553. The normalized spacial score (nSPS) is 22.3. The van der Waals surface area contributed by atoms with E-state index in [1.807, 2.05) is 6.92 Å². The van der Waals surface area contributed by atoms with Crippen LogP contribution in [0.15, 0.2) is 6.20 Å². The first kappa shape index (κ1) is 14.0. The molecule has 0 bridgehead atoms. The Hall–Kier alpha value is -1.44. The van der Waals surface area contributed by atoms with Crippen molar-refractivity contribution in [3.05, 3.63) is 12.0 Å². The molecule has 1 atom stereocenters. The molecule has 6 nitrogen and oxygen atoms in total. The summed E-state index contributed by atoms with van der Waals surface area (Å²) >= 11 is 0. The third-order valence-corrected chi connectivity index (χ3v) is 4.80. The van der Waals surface area contributed by atoms with Crippen LogP contribution in [0.2, 0.25) is 0 Å². The van der Waals surface area contributed by atoms with Crippen molar-refractivity contribution < 1.29 is 12.8 Å². The molecule has 0 amide bonds. The van der Waals surface area contributed by atoms with E-state index in [2.05, 4.69) is 15.3 Å². The van der Waals surface area contributed by atoms with Crippen molar-refractivity contribution in [1.29, 1.82) is 0 Å². The molecule has 2 rings (SSSR count). The Morgan fingerprint density at radius 1 is 1.58 bits per heavy atom. The Morgan fingerprint density at radius 2 is 2.32 bits per heavy atom. The van der Waals surface area contributed by atoms with Gasteiger partial charge in [0.15, 0.2) is 21.5 Å². The zero-order valence-electron chi connectivity index (χ0n) is 10.9. The van der Waals surface area contributed by atoms with E-state index < -0.39 is 15.7 Å². The summed E-state index contributed by atoms with van der Waals surface area (Å²) < 4.78 is 36.9. The van der Waals surface area contributed by atoms with Crippen LogP contribution in [0.3, 0.4) is 0 Å². The fourth-order valence-corrected chi connectivity index (χ4v) is 3.67. The van der Waals surface area contributed by atoms with E-state index in [4.69, 9.17) is 0 Å². The van der Waals surface area contributed by atoms with Gasteiger partial charge in [0.2, 0.25) is 5.95 Å². The van der Waals surface area contributed by atoms with E-state index in [-0.39, 0.29) is 29.9 Å². The van der Waals surface area contributed by atoms with Crippen LogP contribution in [0, 0.1) is 5.82 Å². The number of sulfone groups is 1. The standard InChI is InChI=1S/C11H17FN4O2S/c1-3-13-11-14-6-9(12)10(15-11)16-4-5-19(17,18)7-8(16)2/h6,8H,3-5,7H2,1-2H3,(H,13,14,15). The van der Waals surface area contributed by atoms with Crippen molar-refractivity contribution in [2.75, 3.05) is 34.8 Å². The van der Waals surface area contributed by atoms with Gasteiger partial charge in [-0.2, -0.15) is 4.98 Å². The highest BCUT2D eigenvalue weighted by atomic mass is 32.2. The summed E-state index contributed by atoms with van der Waals surface area (Å²) in [6, 6.07) is -0.294. The minimum Gasteiger partial charge on any atom is -0.354 e. The molecule has 0 aromatic carbocycles. The Morgan fingerprint density at radius 3 is 2.95 bits per heavy atom. The number of hydrogen-bond donors (Lipinski definition) is 1. The summed E-state index contributed by atoms with van der Waals surface area (Å²) in [5.74, 6) is 0.0188. The molecule has 0 saturated carbocycles. The van der Waals surface area contributed by atoms with Gasteiger partial charge in [0.25, 0.3) is 0 Å². The first-order valence-corrected chi connectivity index (χ1v) is 7.98. The van der Waals surface area contributed by atoms with Crippen LogP contribution < -0.4 is 10.2 Å². The monoisotopic (exact) mass is 288 g/mol. The number of nitrogens with zero attached hydrogens (tertiary/aromatic N) is 3. The van der Waals surface area contributed by atoms with Gasteiger partial charge in [-0.05, 0) is 13.8 Å². The van der Waals surface area contributed by atoms with Crippen LogP contribution in [0.25, 0.3) is 0 Å². The number of hydrogen-bond acceptors (Lipinski definition) is 6. The molecule has 1 aromatic rings. The van der Waals surface area contributed by atoms with Crippen LogP contribution in [-0.4, -0.2) is 49.0 Å². The summed E-state index contributed by atoms with van der Waals surface area (Å²) in [7, 11) is -3.03. The molecule has 19 heavy (non-hydrogen) atoms. The minimum absolute atomic E-state index is 0.0208. The Labute approximate surface area is 112 Å². The fraction of sp³-hybridized carbons (Fsp3) is 0.636. The number of rotatable bonds is 3. The van der Waals surface area contributed by atoms with Crippen LogP contribution in [0.5, 0.6) is 0 Å². The molecule has 1 unspecified atom stereocenters. The molecule has 8 heteroatoms. The van der Waals surface area contributed by atoms with Crippen LogP contribution in [-0.2, 0) is 9.84 Å². The van der Waals surface area contributed by atoms with Gasteiger partial charge >= 0.3 is 0 Å². The number of halogens is 1. The van der Waals surface area contributed by atoms with Gasteiger partial charge < -0.3 is 10.2 Å². The third kappa shape index (κ3) is 3.12. The number of nitrogens with one attached hydrogen (secondary N) is 1. The number of anilines is 2. The van der Waals surface area contributed by atoms with Gasteiger partial charge in [-0.3, -0.25) is 0 Å². The van der Waals surface area contributed by atoms with E-state index in [9.17, 15) is 12.8 Å². The molecule has 0 aliphatic carbocycles. The predicted octanol–water partition coefficient (Wildman–Crippen LogP) is 0.671. The van der Waals surface area contributed by atoms with Crippen LogP contribution >= 0.6 is 0 Å². The Bertz CT molecular complexity index is 564. The molecule has 0 radical (unpaired) electrons. The van der Waals surface area contributed by atoms with E-state index in [1.165, 1.54) is 0 Å². The highest BCUT2D eigenvalue weighted by Gasteiger charge is 2.30. The van der Waals surface area contributed by atoms with Gasteiger partial charge in [-0.15, -0.1) is 0 Å². The highest BCUT2D eigenvalue weighted by Crippen LogP contribution is 2.23. The fourth-order valence-electron chi connectivity index (χ4n) is 2.12. The second kappa shape index (κ2) is 5.28. The molecule has 2 heterocycles. The second-order valence-corrected chi connectivity index (χ2v) is 6.78. The maximum Gasteiger partial charge on any atom is 0.224 e. The first-order valence-electron chi connectivity index (χ1n) is 6.16. The smallest absolute Gasteiger partial charge is 0.224 e. The van der Waals surface area contributed by atoms with E-state index in [1.54, 1.807) is 11.8 Å². The topological polar surface area (TPSA) is 75.2 Å². The molecule has 1 N–H and O–H groups in total. The zero-order chi connectivity index (χ0) is 14.0. The zero-order valence-corrected chi connectivity index (χ0v) is 11.7. The summed E-state index contributed by atoms with van der Waals surface area (Å²) in [6.45, 7) is 4.53. The minimum atomic E-state index is -3.03. The number of aromatic nitrogens is 2.